The number of hydrogen-bond acceptors (Lipinski definition) is 4. The SMILES string of the molecule is CC[C@H](CNC(=O)[C@H](C)Sc1nnc(C(F)(F)F)n1C)c1ccccc1. The Morgan fingerprint density at radius 1 is 1.27 bits per heavy atom. The molecule has 9 heteroatoms. The molecule has 0 spiro atoms. The molecule has 0 aliphatic heterocycles. The highest BCUT2D eigenvalue weighted by atomic mass is 32.2. The van der Waals surface area contributed by atoms with Crippen LogP contribution in [-0.4, -0.2) is 32.5 Å². The van der Waals surface area contributed by atoms with Crippen LogP contribution in [-0.2, 0) is 18.0 Å². The van der Waals surface area contributed by atoms with E-state index >= 15 is 0 Å². The highest BCUT2D eigenvalue weighted by Crippen LogP contribution is 2.30. The second kappa shape index (κ2) is 8.57. The van der Waals surface area contributed by atoms with E-state index in [1.165, 1.54) is 7.05 Å². The summed E-state index contributed by atoms with van der Waals surface area (Å²) in [7, 11) is 1.23. The van der Waals surface area contributed by atoms with E-state index < -0.39 is 17.3 Å². The molecule has 0 bridgehead atoms. The molecule has 0 unspecified atom stereocenters. The monoisotopic (exact) mass is 386 g/mol. The van der Waals surface area contributed by atoms with Crippen molar-refractivity contribution in [1.82, 2.24) is 20.1 Å². The van der Waals surface area contributed by atoms with E-state index in [4.69, 9.17) is 0 Å². The number of benzene rings is 1. The molecule has 2 aromatic rings. The first-order valence-electron chi connectivity index (χ1n) is 8.20. The lowest BCUT2D eigenvalue weighted by atomic mass is 9.96. The second-order valence-corrected chi connectivity index (χ2v) is 7.19. The van der Waals surface area contributed by atoms with Gasteiger partial charge >= 0.3 is 6.18 Å². The van der Waals surface area contributed by atoms with Gasteiger partial charge in [-0.2, -0.15) is 13.2 Å². The molecule has 1 aromatic carbocycles. The van der Waals surface area contributed by atoms with E-state index in [2.05, 4.69) is 15.5 Å². The molecule has 1 aromatic heterocycles. The first kappa shape index (κ1) is 20.3. The lowest BCUT2D eigenvalue weighted by molar-refractivity contribution is -0.147. The van der Waals surface area contributed by atoms with Crippen LogP contribution in [0.3, 0.4) is 0 Å². The van der Waals surface area contributed by atoms with Crippen molar-refractivity contribution in [2.24, 2.45) is 7.05 Å². The minimum absolute atomic E-state index is 0.0510. The third kappa shape index (κ3) is 5.00. The maximum atomic E-state index is 12.8. The zero-order valence-electron chi connectivity index (χ0n) is 14.7. The molecule has 1 amide bonds. The zero-order chi connectivity index (χ0) is 19.3. The summed E-state index contributed by atoms with van der Waals surface area (Å²) in [5, 5.41) is 9.03. The Morgan fingerprint density at radius 3 is 2.46 bits per heavy atom. The number of nitrogens with zero attached hydrogens (tertiary/aromatic N) is 3. The average Bonchev–Trinajstić information content (AvgIpc) is 2.97. The molecule has 142 valence electrons. The fraction of sp³-hybridized carbons (Fsp3) is 0.471. The predicted molar refractivity (Wildman–Crippen MR) is 93.8 cm³/mol. The summed E-state index contributed by atoms with van der Waals surface area (Å²) in [5.74, 6) is -1.15. The van der Waals surface area contributed by atoms with Crippen LogP contribution in [0.15, 0.2) is 35.5 Å². The molecule has 0 saturated heterocycles. The van der Waals surface area contributed by atoms with Crippen LogP contribution in [0.2, 0.25) is 0 Å². The number of amides is 1. The van der Waals surface area contributed by atoms with Crippen LogP contribution in [0.1, 0.15) is 37.6 Å². The Kier molecular flexibility index (Phi) is 6.69. The Hall–Kier alpha value is -2.03. The van der Waals surface area contributed by atoms with Crippen LogP contribution in [0.25, 0.3) is 0 Å². The highest BCUT2D eigenvalue weighted by molar-refractivity contribution is 8.00. The molecule has 0 aliphatic carbocycles. The number of carbonyl (C=O) groups excluding carboxylic acids is 1. The van der Waals surface area contributed by atoms with Gasteiger partial charge in [-0.05, 0) is 18.9 Å². The molecular weight excluding hydrogens is 365 g/mol. The first-order chi connectivity index (χ1) is 12.2. The quantitative estimate of drug-likeness (QED) is 0.739. The van der Waals surface area contributed by atoms with Gasteiger partial charge in [0.1, 0.15) is 0 Å². The third-order valence-corrected chi connectivity index (χ3v) is 5.16. The van der Waals surface area contributed by atoms with E-state index in [0.717, 1.165) is 28.3 Å². The van der Waals surface area contributed by atoms with Gasteiger partial charge in [0.05, 0.1) is 5.25 Å². The molecule has 0 aliphatic rings. The molecule has 0 radical (unpaired) electrons. The van der Waals surface area contributed by atoms with Gasteiger partial charge in [-0.3, -0.25) is 4.79 Å². The summed E-state index contributed by atoms with van der Waals surface area (Å²) in [6, 6.07) is 9.85. The fourth-order valence-electron chi connectivity index (χ4n) is 2.47. The number of carbonyl (C=O) groups is 1. The second-order valence-electron chi connectivity index (χ2n) is 5.88. The number of aromatic nitrogens is 3. The number of thioether (sulfide) groups is 1. The van der Waals surface area contributed by atoms with E-state index in [1.807, 2.05) is 37.3 Å². The Labute approximate surface area is 154 Å². The number of hydrogen-bond donors (Lipinski definition) is 1. The largest absolute Gasteiger partial charge is 0.451 e. The molecular formula is C17H21F3N4OS. The molecule has 5 nitrogen and oxygen atoms in total. The van der Waals surface area contributed by atoms with Crippen molar-refractivity contribution in [2.75, 3.05) is 6.54 Å². The van der Waals surface area contributed by atoms with Gasteiger partial charge < -0.3 is 9.88 Å². The van der Waals surface area contributed by atoms with Gasteiger partial charge in [-0.25, -0.2) is 0 Å². The molecule has 1 N–H and O–H groups in total. The molecule has 2 atom stereocenters. The topological polar surface area (TPSA) is 59.8 Å². The van der Waals surface area contributed by atoms with Crippen LogP contribution in [0, 0.1) is 0 Å². The minimum Gasteiger partial charge on any atom is -0.355 e. The zero-order valence-corrected chi connectivity index (χ0v) is 15.6. The highest BCUT2D eigenvalue weighted by Gasteiger charge is 2.37. The maximum Gasteiger partial charge on any atom is 0.451 e. The van der Waals surface area contributed by atoms with Crippen LogP contribution in [0.5, 0.6) is 0 Å². The lowest BCUT2D eigenvalue weighted by Crippen LogP contribution is -2.34. The summed E-state index contributed by atoms with van der Waals surface area (Å²) < 4.78 is 39.1. The van der Waals surface area contributed by atoms with Crippen molar-refractivity contribution >= 4 is 17.7 Å². The standard InChI is InChI=1S/C17H21F3N4OS/c1-4-12(13-8-6-5-7-9-13)10-21-14(25)11(2)26-16-23-22-15(24(16)3)17(18,19)20/h5-9,11-12H,4,10H2,1-3H3,(H,21,25)/t11-,12+/m0/s1. The first-order valence-corrected chi connectivity index (χ1v) is 9.07. The lowest BCUT2D eigenvalue weighted by Gasteiger charge is -2.18. The van der Waals surface area contributed by atoms with Gasteiger partial charge in [0, 0.05) is 19.5 Å². The molecule has 26 heavy (non-hydrogen) atoms. The summed E-state index contributed by atoms with van der Waals surface area (Å²) >= 11 is 0.948. The Bertz CT molecular complexity index is 733. The van der Waals surface area contributed by atoms with Gasteiger partial charge in [-0.1, -0.05) is 49.0 Å². The molecule has 1 heterocycles. The smallest absolute Gasteiger partial charge is 0.355 e. The van der Waals surface area contributed by atoms with Crippen LogP contribution < -0.4 is 5.32 Å². The molecule has 0 fully saturated rings. The summed E-state index contributed by atoms with van der Waals surface area (Å²) in [4.78, 5) is 12.3. The van der Waals surface area contributed by atoms with Gasteiger partial charge in [0.25, 0.3) is 0 Å². The molecule has 0 saturated carbocycles. The van der Waals surface area contributed by atoms with Gasteiger partial charge in [-0.15, -0.1) is 10.2 Å². The number of rotatable bonds is 7. The predicted octanol–water partition coefficient (Wildman–Crippen LogP) is 3.62. The van der Waals surface area contributed by atoms with Crippen molar-refractivity contribution in [1.29, 1.82) is 0 Å². The fourth-order valence-corrected chi connectivity index (χ4v) is 3.31. The number of halogens is 3. The van der Waals surface area contributed by atoms with E-state index in [1.54, 1.807) is 6.92 Å². The van der Waals surface area contributed by atoms with Crippen molar-refractivity contribution in [3.63, 3.8) is 0 Å². The van der Waals surface area contributed by atoms with Crippen molar-refractivity contribution in [3.05, 3.63) is 41.7 Å². The van der Waals surface area contributed by atoms with E-state index in [-0.39, 0.29) is 17.0 Å². The number of alkyl halides is 3. The summed E-state index contributed by atoms with van der Waals surface area (Å²) in [5.41, 5.74) is 1.14. The van der Waals surface area contributed by atoms with E-state index in [9.17, 15) is 18.0 Å². The van der Waals surface area contributed by atoms with Gasteiger partial charge in [0.15, 0.2) is 5.16 Å². The van der Waals surface area contributed by atoms with Gasteiger partial charge in [0.2, 0.25) is 11.7 Å². The van der Waals surface area contributed by atoms with Crippen molar-refractivity contribution < 1.29 is 18.0 Å². The molecule has 2 rings (SSSR count). The summed E-state index contributed by atoms with van der Waals surface area (Å²) in [6.45, 7) is 4.14. The third-order valence-electron chi connectivity index (χ3n) is 4.03. The average molecular weight is 386 g/mol. The number of nitrogens with one attached hydrogen (secondary N) is 1. The summed E-state index contributed by atoms with van der Waals surface area (Å²) in [6.07, 6.45) is -3.71. The van der Waals surface area contributed by atoms with Crippen LogP contribution in [0.4, 0.5) is 13.2 Å². The normalized spacial score (nSPS) is 14.1. The maximum absolute atomic E-state index is 12.8. The van der Waals surface area contributed by atoms with E-state index in [0.29, 0.717) is 6.54 Å². The van der Waals surface area contributed by atoms with Crippen molar-refractivity contribution in [3.8, 4) is 0 Å². The Balaban J connectivity index is 1.95. The van der Waals surface area contributed by atoms with Crippen molar-refractivity contribution in [2.45, 2.75) is 42.8 Å². The Morgan fingerprint density at radius 2 is 1.92 bits per heavy atom. The minimum atomic E-state index is -4.57. The van der Waals surface area contributed by atoms with Crippen LogP contribution >= 0.6 is 11.8 Å².